The topological polar surface area (TPSA) is 75.7 Å². The molecule has 1 atom stereocenters. The first-order valence-corrected chi connectivity index (χ1v) is 9.64. The molecular weight excluding hydrogens is 344 g/mol. The van der Waals surface area contributed by atoms with E-state index in [-0.39, 0.29) is 29.6 Å². The maximum absolute atomic E-state index is 12.2. The smallest absolute Gasteiger partial charge is 0.309 e. The predicted octanol–water partition coefficient (Wildman–Crippen LogP) is 2.76. The summed E-state index contributed by atoms with van der Waals surface area (Å²) < 4.78 is 5.50. The summed E-state index contributed by atoms with van der Waals surface area (Å²) in [6, 6.07) is 7.98. The van der Waals surface area contributed by atoms with Crippen LogP contribution in [0.2, 0.25) is 0 Å². The van der Waals surface area contributed by atoms with Gasteiger partial charge in [0.1, 0.15) is 5.60 Å². The summed E-state index contributed by atoms with van der Waals surface area (Å²) in [5.74, 6) is -0.800. The molecule has 1 aromatic carbocycles. The van der Waals surface area contributed by atoms with Gasteiger partial charge in [0, 0.05) is 25.2 Å². The second kappa shape index (κ2) is 7.71. The van der Waals surface area contributed by atoms with Crippen LogP contribution in [0.4, 0.5) is 5.69 Å². The number of carbonyl (C=O) groups is 3. The molecule has 2 aliphatic rings. The molecule has 2 saturated heterocycles. The highest BCUT2D eigenvalue weighted by molar-refractivity contribution is 6.00. The summed E-state index contributed by atoms with van der Waals surface area (Å²) in [6.07, 6.45) is 2.51. The Hall–Kier alpha value is -2.37. The molecule has 0 saturated carbocycles. The number of ether oxygens (including phenoxy) is 1. The van der Waals surface area contributed by atoms with Gasteiger partial charge in [-0.3, -0.25) is 19.7 Å². The summed E-state index contributed by atoms with van der Waals surface area (Å²) in [5.41, 5.74) is 1.58. The molecule has 2 fully saturated rings. The molecule has 2 amide bonds. The fraction of sp³-hybridized carbons (Fsp3) is 0.571. The first kappa shape index (κ1) is 19.4. The van der Waals surface area contributed by atoms with Crippen molar-refractivity contribution in [3.05, 3.63) is 29.8 Å². The quantitative estimate of drug-likeness (QED) is 0.652. The van der Waals surface area contributed by atoms with E-state index in [1.54, 1.807) is 0 Å². The Balaban J connectivity index is 1.57. The van der Waals surface area contributed by atoms with Crippen molar-refractivity contribution >= 4 is 23.5 Å². The highest BCUT2D eigenvalue weighted by Crippen LogP contribution is 2.29. The van der Waals surface area contributed by atoms with Gasteiger partial charge in [-0.1, -0.05) is 12.1 Å². The Morgan fingerprint density at radius 3 is 2.26 bits per heavy atom. The third kappa shape index (κ3) is 4.87. The lowest BCUT2D eigenvalue weighted by molar-refractivity contribution is -0.160. The Bertz CT molecular complexity index is 713. The molecule has 2 aliphatic heterocycles. The van der Waals surface area contributed by atoms with E-state index >= 15 is 0 Å². The van der Waals surface area contributed by atoms with Crippen molar-refractivity contribution in [2.45, 2.75) is 58.0 Å². The standard InChI is InChI=1S/C21H28N2O4/c1-21(2,3)27-20(26)15-10-12-23(13-11-15)16-6-4-14(5-7-16)17-8-9-18(24)22-19(17)25/h4-7,15,17H,8-13H2,1-3H3,(H,22,24,25)/t17-/m0/s1. The number of hydrogen-bond donors (Lipinski definition) is 1. The molecule has 1 N–H and O–H groups in total. The number of rotatable bonds is 3. The Kier molecular flexibility index (Phi) is 5.53. The van der Waals surface area contributed by atoms with E-state index in [0.29, 0.717) is 12.8 Å². The van der Waals surface area contributed by atoms with Gasteiger partial charge in [-0.05, 0) is 57.7 Å². The van der Waals surface area contributed by atoms with Crippen molar-refractivity contribution in [3.8, 4) is 0 Å². The van der Waals surface area contributed by atoms with Crippen LogP contribution in [0.15, 0.2) is 24.3 Å². The van der Waals surface area contributed by atoms with E-state index in [1.165, 1.54) is 0 Å². The van der Waals surface area contributed by atoms with Crippen LogP contribution >= 0.6 is 0 Å². The molecule has 0 unspecified atom stereocenters. The zero-order valence-corrected chi connectivity index (χ0v) is 16.3. The van der Waals surface area contributed by atoms with E-state index in [2.05, 4.69) is 10.2 Å². The maximum Gasteiger partial charge on any atom is 0.309 e. The lowest BCUT2D eigenvalue weighted by Crippen LogP contribution is -2.39. The number of nitrogens with one attached hydrogen (secondary N) is 1. The number of amides is 2. The van der Waals surface area contributed by atoms with Gasteiger partial charge in [0.2, 0.25) is 11.8 Å². The van der Waals surface area contributed by atoms with Gasteiger partial charge in [0.15, 0.2) is 0 Å². The van der Waals surface area contributed by atoms with Gasteiger partial charge < -0.3 is 9.64 Å². The first-order chi connectivity index (χ1) is 12.7. The number of hydrogen-bond acceptors (Lipinski definition) is 5. The zero-order valence-electron chi connectivity index (χ0n) is 16.3. The van der Waals surface area contributed by atoms with Crippen molar-refractivity contribution in [1.29, 1.82) is 0 Å². The van der Waals surface area contributed by atoms with Crippen LogP contribution < -0.4 is 10.2 Å². The first-order valence-electron chi connectivity index (χ1n) is 9.64. The molecule has 0 aromatic heterocycles. The predicted molar refractivity (Wildman–Crippen MR) is 102 cm³/mol. The van der Waals surface area contributed by atoms with Gasteiger partial charge in [0.25, 0.3) is 0 Å². The fourth-order valence-corrected chi connectivity index (χ4v) is 3.69. The van der Waals surface area contributed by atoms with Crippen molar-refractivity contribution in [3.63, 3.8) is 0 Å². The Labute approximate surface area is 160 Å². The van der Waals surface area contributed by atoms with Gasteiger partial charge in [-0.15, -0.1) is 0 Å². The lowest BCUT2D eigenvalue weighted by atomic mass is 9.90. The molecular formula is C21H28N2O4. The highest BCUT2D eigenvalue weighted by atomic mass is 16.6. The average Bonchev–Trinajstić information content (AvgIpc) is 2.61. The van der Waals surface area contributed by atoms with E-state index in [0.717, 1.165) is 37.2 Å². The normalized spacial score (nSPS) is 21.7. The summed E-state index contributed by atoms with van der Waals surface area (Å²) >= 11 is 0. The largest absolute Gasteiger partial charge is 0.460 e. The minimum absolute atomic E-state index is 0.0387. The van der Waals surface area contributed by atoms with Crippen molar-refractivity contribution in [2.24, 2.45) is 5.92 Å². The molecule has 0 aliphatic carbocycles. The van der Waals surface area contributed by atoms with Crippen LogP contribution in [-0.2, 0) is 19.1 Å². The molecule has 146 valence electrons. The monoisotopic (exact) mass is 372 g/mol. The SMILES string of the molecule is CC(C)(C)OC(=O)C1CCN(c2ccc([C@@H]3CCC(=O)NC3=O)cc2)CC1. The Morgan fingerprint density at radius 2 is 1.70 bits per heavy atom. The summed E-state index contributed by atoms with van der Waals surface area (Å²) in [7, 11) is 0. The number of benzene rings is 1. The summed E-state index contributed by atoms with van der Waals surface area (Å²) in [4.78, 5) is 37.8. The molecule has 0 radical (unpaired) electrons. The number of nitrogens with zero attached hydrogens (tertiary/aromatic N) is 1. The van der Waals surface area contributed by atoms with Gasteiger partial charge in [-0.2, -0.15) is 0 Å². The third-order valence-electron chi connectivity index (χ3n) is 5.13. The molecule has 0 bridgehead atoms. The van der Waals surface area contributed by atoms with E-state index in [1.807, 2.05) is 45.0 Å². The minimum Gasteiger partial charge on any atom is -0.460 e. The summed E-state index contributed by atoms with van der Waals surface area (Å²) in [5, 5.41) is 2.41. The van der Waals surface area contributed by atoms with Crippen LogP contribution in [0, 0.1) is 5.92 Å². The van der Waals surface area contributed by atoms with Crippen molar-refractivity contribution in [2.75, 3.05) is 18.0 Å². The molecule has 27 heavy (non-hydrogen) atoms. The lowest BCUT2D eigenvalue weighted by Gasteiger charge is -2.34. The third-order valence-corrected chi connectivity index (χ3v) is 5.13. The van der Waals surface area contributed by atoms with E-state index in [9.17, 15) is 14.4 Å². The van der Waals surface area contributed by atoms with Gasteiger partial charge in [-0.25, -0.2) is 0 Å². The molecule has 6 nitrogen and oxygen atoms in total. The fourth-order valence-electron chi connectivity index (χ4n) is 3.69. The van der Waals surface area contributed by atoms with Crippen molar-refractivity contribution < 1.29 is 19.1 Å². The minimum atomic E-state index is -0.444. The second-order valence-corrected chi connectivity index (χ2v) is 8.39. The van der Waals surface area contributed by atoms with Crippen LogP contribution in [0.5, 0.6) is 0 Å². The van der Waals surface area contributed by atoms with Gasteiger partial charge in [0.05, 0.1) is 11.8 Å². The van der Waals surface area contributed by atoms with Crippen LogP contribution in [0.25, 0.3) is 0 Å². The molecule has 6 heteroatoms. The number of carbonyl (C=O) groups excluding carboxylic acids is 3. The average molecular weight is 372 g/mol. The maximum atomic E-state index is 12.2. The summed E-state index contributed by atoms with van der Waals surface area (Å²) in [6.45, 7) is 7.29. The van der Waals surface area contributed by atoms with Gasteiger partial charge >= 0.3 is 5.97 Å². The number of imide groups is 1. The van der Waals surface area contributed by atoms with Crippen LogP contribution in [-0.4, -0.2) is 36.5 Å². The van der Waals surface area contributed by atoms with E-state index in [4.69, 9.17) is 4.74 Å². The molecule has 0 spiro atoms. The second-order valence-electron chi connectivity index (χ2n) is 8.39. The number of anilines is 1. The molecule has 1 aromatic rings. The molecule has 3 rings (SSSR count). The van der Waals surface area contributed by atoms with Crippen molar-refractivity contribution in [1.82, 2.24) is 5.32 Å². The zero-order chi connectivity index (χ0) is 19.6. The van der Waals surface area contributed by atoms with E-state index < -0.39 is 5.60 Å². The van der Waals surface area contributed by atoms with Crippen LogP contribution in [0.3, 0.4) is 0 Å². The Morgan fingerprint density at radius 1 is 1.07 bits per heavy atom. The van der Waals surface area contributed by atoms with Crippen LogP contribution in [0.1, 0.15) is 57.9 Å². The number of piperidine rings is 2. The number of esters is 1. The highest BCUT2D eigenvalue weighted by Gasteiger charge is 2.30. The molecule has 2 heterocycles.